The van der Waals surface area contributed by atoms with Gasteiger partial charge in [0.15, 0.2) is 6.10 Å². The number of fused-ring (bicyclic) bond motifs is 2. The first-order chi connectivity index (χ1) is 12.1. The van der Waals surface area contributed by atoms with Gasteiger partial charge in [-0.05, 0) is 50.7 Å². The van der Waals surface area contributed by atoms with E-state index in [1.807, 2.05) is 32.3 Å². The van der Waals surface area contributed by atoms with Crippen LogP contribution >= 0.6 is 0 Å². The van der Waals surface area contributed by atoms with Crippen molar-refractivity contribution in [2.75, 3.05) is 6.54 Å². The van der Waals surface area contributed by atoms with E-state index in [4.69, 9.17) is 4.74 Å². The topological polar surface area (TPSA) is 34.5 Å². The summed E-state index contributed by atoms with van der Waals surface area (Å²) in [5.41, 5.74) is 1.13. The lowest BCUT2D eigenvalue weighted by Gasteiger charge is -2.44. The van der Waals surface area contributed by atoms with E-state index in [1.165, 1.54) is 25.7 Å². The van der Waals surface area contributed by atoms with Crippen LogP contribution in [0.3, 0.4) is 0 Å². The Kier molecular flexibility index (Phi) is 4.45. The molecule has 1 aliphatic heterocycles. The van der Waals surface area contributed by atoms with Crippen LogP contribution in [0.2, 0.25) is 0 Å². The van der Waals surface area contributed by atoms with Crippen molar-refractivity contribution >= 4 is 16.8 Å². The number of carbonyl (C=O) groups is 1. The van der Waals surface area contributed by atoms with Crippen LogP contribution in [0.1, 0.15) is 45.4 Å². The molecule has 1 saturated heterocycles. The molecule has 25 heavy (non-hydrogen) atoms. The third-order valence-corrected chi connectivity index (χ3v) is 6.04. The number of hydrogen-bond acceptors (Lipinski definition) is 2. The van der Waals surface area contributed by atoms with E-state index in [0.717, 1.165) is 36.0 Å². The van der Waals surface area contributed by atoms with Crippen LogP contribution in [0.4, 0.5) is 0 Å². The minimum atomic E-state index is -0.438. The highest BCUT2D eigenvalue weighted by Crippen LogP contribution is 2.36. The van der Waals surface area contributed by atoms with Crippen molar-refractivity contribution in [1.29, 1.82) is 0 Å². The second-order valence-corrected chi connectivity index (χ2v) is 7.67. The summed E-state index contributed by atoms with van der Waals surface area (Å²) < 4.78 is 8.19. The van der Waals surface area contributed by atoms with E-state index in [1.54, 1.807) is 0 Å². The standard InChI is InChI=1S/C21H28N2O2/c1-15(25-20-14-22(2)19-12-6-4-10-17(19)20)21(24)23-13-7-9-16-8-3-5-11-18(16)23/h4,6,10,12,14-16,18H,3,5,7-9,11,13H2,1-2H3. The van der Waals surface area contributed by atoms with E-state index in [-0.39, 0.29) is 5.91 Å². The zero-order valence-corrected chi connectivity index (χ0v) is 15.3. The summed E-state index contributed by atoms with van der Waals surface area (Å²) in [5.74, 6) is 1.66. The molecule has 2 aliphatic rings. The van der Waals surface area contributed by atoms with Gasteiger partial charge in [0.2, 0.25) is 0 Å². The molecule has 1 saturated carbocycles. The monoisotopic (exact) mass is 340 g/mol. The summed E-state index contributed by atoms with van der Waals surface area (Å²) in [6, 6.07) is 8.61. The number of piperidine rings is 1. The van der Waals surface area contributed by atoms with Gasteiger partial charge in [0, 0.05) is 31.2 Å². The SMILES string of the molecule is CC(Oc1cn(C)c2ccccc12)C(=O)N1CCCC2CCCCC21. The number of aryl methyl sites for hydroxylation is 1. The third kappa shape index (κ3) is 3.03. The van der Waals surface area contributed by atoms with Crippen molar-refractivity contribution in [3.05, 3.63) is 30.5 Å². The molecule has 1 amide bonds. The number of amides is 1. The van der Waals surface area contributed by atoms with E-state index >= 15 is 0 Å². The van der Waals surface area contributed by atoms with Gasteiger partial charge in [-0.25, -0.2) is 0 Å². The lowest BCUT2D eigenvalue weighted by atomic mass is 9.78. The predicted molar refractivity (Wildman–Crippen MR) is 99.7 cm³/mol. The van der Waals surface area contributed by atoms with Gasteiger partial charge < -0.3 is 14.2 Å². The first kappa shape index (κ1) is 16.5. The number of benzene rings is 1. The van der Waals surface area contributed by atoms with Crippen LogP contribution < -0.4 is 4.74 Å². The van der Waals surface area contributed by atoms with Gasteiger partial charge in [0.05, 0.1) is 5.52 Å². The summed E-state index contributed by atoms with van der Waals surface area (Å²) >= 11 is 0. The largest absolute Gasteiger partial charge is 0.479 e. The van der Waals surface area contributed by atoms with E-state index in [0.29, 0.717) is 12.0 Å². The van der Waals surface area contributed by atoms with E-state index in [9.17, 15) is 4.79 Å². The van der Waals surface area contributed by atoms with Gasteiger partial charge in [-0.15, -0.1) is 0 Å². The summed E-state index contributed by atoms with van der Waals surface area (Å²) in [7, 11) is 2.01. The van der Waals surface area contributed by atoms with Crippen LogP contribution in [0, 0.1) is 5.92 Å². The van der Waals surface area contributed by atoms with Crippen LogP contribution in [-0.4, -0.2) is 34.1 Å². The molecule has 0 bridgehead atoms. The Morgan fingerprint density at radius 3 is 2.80 bits per heavy atom. The van der Waals surface area contributed by atoms with Crippen LogP contribution in [0.5, 0.6) is 5.75 Å². The second-order valence-electron chi connectivity index (χ2n) is 7.67. The number of likely N-dealkylation sites (tertiary alicyclic amines) is 1. The maximum atomic E-state index is 13.1. The zero-order chi connectivity index (χ0) is 17.4. The number of rotatable bonds is 3. The first-order valence-electron chi connectivity index (χ1n) is 9.66. The van der Waals surface area contributed by atoms with Crippen LogP contribution in [0.15, 0.2) is 30.5 Å². The van der Waals surface area contributed by atoms with Crippen molar-refractivity contribution in [1.82, 2.24) is 9.47 Å². The van der Waals surface area contributed by atoms with Gasteiger partial charge >= 0.3 is 0 Å². The molecule has 1 aliphatic carbocycles. The molecule has 4 nitrogen and oxygen atoms in total. The number of para-hydroxylation sites is 1. The number of hydrogen-bond donors (Lipinski definition) is 0. The Balaban J connectivity index is 1.51. The molecule has 4 heteroatoms. The van der Waals surface area contributed by atoms with Crippen molar-refractivity contribution in [3.63, 3.8) is 0 Å². The highest BCUT2D eigenvalue weighted by Gasteiger charge is 2.37. The molecular formula is C21H28N2O2. The smallest absolute Gasteiger partial charge is 0.263 e. The molecule has 1 aromatic heterocycles. The normalized spacial score (nSPS) is 24.8. The predicted octanol–water partition coefficient (Wildman–Crippen LogP) is 4.13. The molecule has 2 fully saturated rings. The number of nitrogens with zero attached hydrogens (tertiary/aromatic N) is 2. The lowest BCUT2D eigenvalue weighted by Crippen LogP contribution is -2.53. The summed E-state index contributed by atoms with van der Waals surface area (Å²) in [6.45, 7) is 2.79. The van der Waals surface area contributed by atoms with Gasteiger partial charge in [0.1, 0.15) is 5.75 Å². The summed E-state index contributed by atoms with van der Waals surface area (Å²) in [5, 5.41) is 1.07. The maximum absolute atomic E-state index is 13.1. The van der Waals surface area contributed by atoms with Crippen LogP contribution in [0.25, 0.3) is 10.9 Å². The van der Waals surface area contributed by atoms with Crippen molar-refractivity contribution in [2.45, 2.75) is 57.6 Å². The highest BCUT2D eigenvalue weighted by molar-refractivity contribution is 5.88. The Bertz CT molecular complexity index is 764. The van der Waals surface area contributed by atoms with Gasteiger partial charge in [-0.3, -0.25) is 4.79 Å². The number of aromatic nitrogens is 1. The van der Waals surface area contributed by atoms with Gasteiger partial charge in [-0.1, -0.05) is 25.0 Å². The Labute approximate surface area is 149 Å². The molecule has 0 radical (unpaired) electrons. The third-order valence-electron chi connectivity index (χ3n) is 6.04. The minimum absolute atomic E-state index is 0.157. The second kappa shape index (κ2) is 6.74. The average molecular weight is 340 g/mol. The lowest BCUT2D eigenvalue weighted by molar-refractivity contribution is -0.144. The maximum Gasteiger partial charge on any atom is 0.263 e. The van der Waals surface area contributed by atoms with Crippen molar-refractivity contribution in [2.24, 2.45) is 13.0 Å². The van der Waals surface area contributed by atoms with E-state index < -0.39 is 6.10 Å². The molecule has 2 heterocycles. The number of ether oxygens (including phenoxy) is 1. The number of carbonyl (C=O) groups excluding carboxylic acids is 1. The van der Waals surface area contributed by atoms with Gasteiger partial charge in [0.25, 0.3) is 5.91 Å². The summed E-state index contributed by atoms with van der Waals surface area (Å²) in [4.78, 5) is 15.2. The fourth-order valence-corrected chi connectivity index (χ4v) is 4.77. The fourth-order valence-electron chi connectivity index (χ4n) is 4.77. The molecule has 134 valence electrons. The zero-order valence-electron chi connectivity index (χ0n) is 15.3. The van der Waals surface area contributed by atoms with E-state index in [2.05, 4.69) is 21.6 Å². The molecular weight excluding hydrogens is 312 g/mol. The van der Waals surface area contributed by atoms with Gasteiger partial charge in [-0.2, -0.15) is 0 Å². The Hall–Kier alpha value is -1.97. The molecule has 2 aromatic rings. The highest BCUT2D eigenvalue weighted by atomic mass is 16.5. The molecule has 3 atom stereocenters. The summed E-state index contributed by atoms with van der Waals surface area (Å²) in [6.07, 6.45) is 8.99. The first-order valence-corrected chi connectivity index (χ1v) is 9.66. The molecule has 0 N–H and O–H groups in total. The molecule has 0 spiro atoms. The van der Waals surface area contributed by atoms with Crippen molar-refractivity contribution < 1.29 is 9.53 Å². The Morgan fingerprint density at radius 2 is 1.92 bits per heavy atom. The Morgan fingerprint density at radius 1 is 1.16 bits per heavy atom. The van der Waals surface area contributed by atoms with Crippen LogP contribution in [-0.2, 0) is 11.8 Å². The molecule has 1 aromatic carbocycles. The minimum Gasteiger partial charge on any atom is -0.479 e. The molecule has 3 unspecified atom stereocenters. The fraction of sp³-hybridized carbons (Fsp3) is 0.571. The average Bonchev–Trinajstić information content (AvgIpc) is 2.96. The molecule has 4 rings (SSSR count). The quantitative estimate of drug-likeness (QED) is 0.842. The van der Waals surface area contributed by atoms with Crippen molar-refractivity contribution in [3.8, 4) is 5.75 Å².